The van der Waals surface area contributed by atoms with E-state index in [0.29, 0.717) is 0 Å². The Morgan fingerprint density at radius 2 is 2.00 bits per heavy atom. The minimum absolute atomic E-state index is 1.00. The molecule has 1 rings (SSSR count). The fourth-order valence-electron chi connectivity index (χ4n) is 1.58. The summed E-state index contributed by atoms with van der Waals surface area (Å²) in [6, 6.07) is 0. The van der Waals surface area contributed by atoms with Crippen LogP contribution in [0.3, 0.4) is 0 Å². The molecule has 0 unspecified atom stereocenters. The van der Waals surface area contributed by atoms with Gasteiger partial charge in [-0.25, -0.2) is 0 Å². The molecule has 0 aliphatic heterocycles. The molecule has 11 heavy (non-hydrogen) atoms. The van der Waals surface area contributed by atoms with Gasteiger partial charge >= 0.3 is 0 Å². The fraction of sp³-hybridized carbons (Fsp3) is 0.900. The summed E-state index contributed by atoms with van der Waals surface area (Å²) in [5.74, 6) is 1.35. The highest BCUT2D eigenvalue weighted by Gasteiger charge is 2.12. The van der Waals surface area contributed by atoms with Gasteiger partial charge in [0.2, 0.25) is 0 Å². The zero-order valence-corrected chi connectivity index (χ0v) is 8.33. The van der Waals surface area contributed by atoms with E-state index in [4.69, 9.17) is 0 Å². The summed E-state index contributed by atoms with van der Waals surface area (Å²) < 4.78 is 0. The van der Waals surface area contributed by atoms with Crippen molar-refractivity contribution in [2.75, 3.05) is 5.75 Å². The third-order valence-electron chi connectivity index (χ3n) is 2.31. The summed E-state index contributed by atoms with van der Waals surface area (Å²) in [5, 5.41) is 1.00. The predicted octanol–water partition coefficient (Wildman–Crippen LogP) is 3.67. The second kappa shape index (κ2) is 5.93. The lowest BCUT2D eigenvalue weighted by atomic mass is 10.0. The Bertz CT molecular complexity index is 84.9. The van der Waals surface area contributed by atoms with Gasteiger partial charge in [-0.2, -0.15) is 11.8 Å². The quantitative estimate of drug-likeness (QED) is 0.582. The molecule has 0 atom stereocenters. The molecule has 0 heterocycles. The zero-order chi connectivity index (χ0) is 7.94. The fourth-order valence-corrected chi connectivity index (χ4v) is 2.96. The average molecular weight is 171 g/mol. The third kappa shape index (κ3) is 4.05. The van der Waals surface area contributed by atoms with Gasteiger partial charge in [0.25, 0.3) is 0 Å². The van der Waals surface area contributed by atoms with E-state index in [2.05, 4.69) is 25.1 Å². The van der Waals surface area contributed by atoms with Crippen LogP contribution in [0, 0.1) is 6.42 Å². The van der Waals surface area contributed by atoms with Crippen molar-refractivity contribution in [3.63, 3.8) is 0 Å². The second-order valence-electron chi connectivity index (χ2n) is 3.33. The van der Waals surface area contributed by atoms with E-state index in [-0.39, 0.29) is 0 Å². The van der Waals surface area contributed by atoms with Crippen LogP contribution in [0.5, 0.6) is 0 Å². The van der Waals surface area contributed by atoms with Gasteiger partial charge in [0.05, 0.1) is 0 Å². The minimum atomic E-state index is 1.00. The van der Waals surface area contributed by atoms with E-state index >= 15 is 0 Å². The summed E-state index contributed by atoms with van der Waals surface area (Å²) in [7, 11) is 0. The summed E-state index contributed by atoms with van der Waals surface area (Å²) in [6.45, 7) is 2.15. The van der Waals surface area contributed by atoms with Crippen LogP contribution >= 0.6 is 11.8 Å². The van der Waals surface area contributed by atoms with E-state index in [0.717, 1.165) is 5.25 Å². The summed E-state index contributed by atoms with van der Waals surface area (Å²) in [6.07, 6.45) is 11.0. The first kappa shape index (κ1) is 9.44. The Morgan fingerprint density at radius 1 is 1.27 bits per heavy atom. The monoisotopic (exact) mass is 171 g/mol. The summed E-state index contributed by atoms with van der Waals surface area (Å²) in [4.78, 5) is 0. The zero-order valence-electron chi connectivity index (χ0n) is 7.51. The van der Waals surface area contributed by atoms with Gasteiger partial charge in [0, 0.05) is 5.25 Å². The van der Waals surface area contributed by atoms with Crippen LogP contribution < -0.4 is 0 Å². The number of unbranched alkanes of at least 4 members (excludes halogenated alkanes) is 1. The molecule has 0 saturated heterocycles. The van der Waals surface area contributed by atoms with Gasteiger partial charge in [-0.05, 0) is 31.4 Å². The molecule has 0 nitrogen and oxygen atoms in total. The molecule has 1 heteroatoms. The van der Waals surface area contributed by atoms with E-state index in [1.165, 1.54) is 44.3 Å². The lowest BCUT2D eigenvalue weighted by Gasteiger charge is -2.20. The summed E-state index contributed by atoms with van der Waals surface area (Å²) in [5.41, 5.74) is 0. The van der Waals surface area contributed by atoms with Crippen molar-refractivity contribution >= 4 is 11.8 Å². The Morgan fingerprint density at radius 3 is 2.64 bits per heavy atom. The lowest BCUT2D eigenvalue weighted by Crippen LogP contribution is -2.08. The van der Waals surface area contributed by atoms with Crippen LogP contribution in [0.4, 0.5) is 0 Å². The molecule has 1 saturated carbocycles. The molecule has 0 spiro atoms. The van der Waals surface area contributed by atoms with Crippen molar-refractivity contribution in [2.24, 2.45) is 0 Å². The maximum Gasteiger partial charge on any atom is 0.00470 e. The number of hydrogen-bond acceptors (Lipinski definition) is 1. The van der Waals surface area contributed by atoms with Crippen molar-refractivity contribution in [1.29, 1.82) is 0 Å². The first-order chi connectivity index (χ1) is 5.43. The van der Waals surface area contributed by atoms with E-state index in [1.807, 2.05) is 0 Å². The predicted molar refractivity (Wildman–Crippen MR) is 53.9 cm³/mol. The van der Waals surface area contributed by atoms with Crippen molar-refractivity contribution < 1.29 is 0 Å². The highest BCUT2D eigenvalue weighted by atomic mass is 32.2. The Labute approximate surface area is 75.1 Å². The lowest BCUT2D eigenvalue weighted by molar-refractivity contribution is 0.516. The number of thioether (sulfide) groups is 1. The summed E-state index contributed by atoms with van der Waals surface area (Å²) >= 11 is 2.19. The molecule has 65 valence electrons. The van der Waals surface area contributed by atoms with Crippen molar-refractivity contribution in [2.45, 2.75) is 50.7 Å². The maximum atomic E-state index is 2.27. The molecule has 0 N–H and O–H groups in total. The minimum Gasteiger partial charge on any atom is -0.159 e. The number of rotatable bonds is 4. The van der Waals surface area contributed by atoms with Gasteiger partial charge in [-0.1, -0.05) is 26.2 Å². The normalized spacial score (nSPS) is 20.5. The molecule has 0 aromatic heterocycles. The SMILES string of the molecule is C[CH]CCSC1CCCCC1. The van der Waals surface area contributed by atoms with Gasteiger partial charge in [0.1, 0.15) is 0 Å². The van der Waals surface area contributed by atoms with E-state index < -0.39 is 0 Å². The van der Waals surface area contributed by atoms with Crippen LogP contribution in [0.2, 0.25) is 0 Å². The van der Waals surface area contributed by atoms with Crippen LogP contribution in [-0.2, 0) is 0 Å². The van der Waals surface area contributed by atoms with E-state index in [9.17, 15) is 0 Å². The molecular formula is C10H19S. The molecule has 0 bridgehead atoms. The molecule has 1 radical (unpaired) electrons. The van der Waals surface area contributed by atoms with Gasteiger partial charge in [-0.15, -0.1) is 0 Å². The van der Waals surface area contributed by atoms with Gasteiger partial charge < -0.3 is 0 Å². The smallest absolute Gasteiger partial charge is 0.00470 e. The van der Waals surface area contributed by atoms with Gasteiger partial charge in [-0.3, -0.25) is 0 Å². The van der Waals surface area contributed by atoms with Crippen molar-refractivity contribution in [3.05, 3.63) is 6.42 Å². The molecule has 1 aliphatic carbocycles. The molecule has 1 fully saturated rings. The molecule has 1 aliphatic rings. The third-order valence-corrected chi connectivity index (χ3v) is 3.73. The average Bonchev–Trinajstić information content (AvgIpc) is 2.07. The van der Waals surface area contributed by atoms with Crippen molar-refractivity contribution in [3.8, 4) is 0 Å². The largest absolute Gasteiger partial charge is 0.159 e. The highest BCUT2D eigenvalue weighted by Crippen LogP contribution is 2.28. The van der Waals surface area contributed by atoms with Crippen LogP contribution in [0.1, 0.15) is 45.4 Å². The molecule has 0 aromatic rings. The molecule has 0 amide bonds. The first-order valence-electron chi connectivity index (χ1n) is 4.83. The second-order valence-corrected chi connectivity index (χ2v) is 4.74. The molecule has 0 aromatic carbocycles. The maximum absolute atomic E-state index is 2.27. The van der Waals surface area contributed by atoms with Crippen LogP contribution in [-0.4, -0.2) is 11.0 Å². The molecular weight excluding hydrogens is 152 g/mol. The Hall–Kier alpha value is 0.350. The number of hydrogen-bond donors (Lipinski definition) is 0. The van der Waals surface area contributed by atoms with Crippen LogP contribution in [0.15, 0.2) is 0 Å². The van der Waals surface area contributed by atoms with Crippen LogP contribution in [0.25, 0.3) is 0 Å². The standard InChI is InChI=1S/C10H19S/c1-2-3-9-11-10-7-5-4-6-8-10/h2,10H,3-9H2,1H3. The van der Waals surface area contributed by atoms with Crippen molar-refractivity contribution in [1.82, 2.24) is 0 Å². The Kier molecular flexibility index (Phi) is 5.09. The van der Waals surface area contributed by atoms with E-state index in [1.54, 1.807) is 0 Å². The highest BCUT2D eigenvalue weighted by molar-refractivity contribution is 7.99. The van der Waals surface area contributed by atoms with Gasteiger partial charge in [0.15, 0.2) is 0 Å². The Balaban J connectivity index is 1.96. The first-order valence-corrected chi connectivity index (χ1v) is 5.88. The topological polar surface area (TPSA) is 0 Å².